The molecule has 9 heteroatoms. The number of halogens is 1. The summed E-state index contributed by atoms with van der Waals surface area (Å²) in [4.78, 5) is 25.1. The highest BCUT2D eigenvalue weighted by Crippen LogP contribution is 2.24. The van der Waals surface area contributed by atoms with E-state index < -0.39 is 11.7 Å². The fourth-order valence-electron chi connectivity index (χ4n) is 3.46. The Morgan fingerprint density at radius 2 is 1.81 bits per heavy atom. The van der Waals surface area contributed by atoms with Gasteiger partial charge in [-0.3, -0.25) is 9.59 Å². The number of para-hydroxylation sites is 1. The van der Waals surface area contributed by atoms with Crippen LogP contribution in [0.15, 0.2) is 59.9 Å². The maximum absolute atomic E-state index is 13.8. The van der Waals surface area contributed by atoms with Crippen molar-refractivity contribution in [1.29, 1.82) is 0 Å². The molecule has 0 saturated carbocycles. The molecule has 0 aliphatic rings. The van der Waals surface area contributed by atoms with Crippen molar-refractivity contribution in [2.24, 2.45) is 7.05 Å². The van der Waals surface area contributed by atoms with Crippen molar-refractivity contribution in [3.8, 4) is 0 Å². The molecule has 0 spiro atoms. The number of carbonyl (C=O) groups is 2. The Bertz CT molecular complexity index is 1300. The standard InChI is InChI=1S/C23H22FN5O2S/c1-3-29-13-17(15-8-5-7-11-19(15)29)20(30)14-32-23-27-26-21(28(23)2)12-25-22(31)16-9-4-6-10-18(16)24/h4-11,13H,3,12,14H2,1-2H3,(H,25,31). The highest BCUT2D eigenvalue weighted by Gasteiger charge is 2.18. The Kier molecular flexibility index (Phi) is 6.36. The van der Waals surface area contributed by atoms with Gasteiger partial charge in [-0.25, -0.2) is 4.39 Å². The summed E-state index contributed by atoms with van der Waals surface area (Å²) >= 11 is 1.29. The number of rotatable bonds is 8. The van der Waals surface area contributed by atoms with Crippen LogP contribution in [0.5, 0.6) is 0 Å². The zero-order valence-corrected chi connectivity index (χ0v) is 18.5. The summed E-state index contributed by atoms with van der Waals surface area (Å²) < 4.78 is 17.5. The van der Waals surface area contributed by atoms with Gasteiger partial charge in [0, 0.05) is 36.3 Å². The van der Waals surface area contributed by atoms with Crippen LogP contribution in [0.2, 0.25) is 0 Å². The van der Waals surface area contributed by atoms with Gasteiger partial charge < -0.3 is 14.5 Å². The van der Waals surface area contributed by atoms with Crippen molar-refractivity contribution in [1.82, 2.24) is 24.6 Å². The topological polar surface area (TPSA) is 81.8 Å². The number of fused-ring (bicyclic) bond motifs is 1. The second-order valence-electron chi connectivity index (χ2n) is 7.18. The van der Waals surface area contributed by atoms with Crippen LogP contribution in [-0.4, -0.2) is 36.8 Å². The van der Waals surface area contributed by atoms with Crippen molar-refractivity contribution in [2.45, 2.75) is 25.2 Å². The van der Waals surface area contributed by atoms with E-state index in [9.17, 15) is 14.0 Å². The summed E-state index contributed by atoms with van der Waals surface area (Å²) in [7, 11) is 1.76. The lowest BCUT2D eigenvalue weighted by Crippen LogP contribution is -2.25. The first-order valence-electron chi connectivity index (χ1n) is 10.1. The molecule has 2 heterocycles. The van der Waals surface area contributed by atoms with Crippen molar-refractivity contribution in [3.63, 3.8) is 0 Å². The van der Waals surface area contributed by atoms with Gasteiger partial charge in [0.05, 0.1) is 17.9 Å². The van der Waals surface area contributed by atoms with Crippen molar-refractivity contribution in [2.75, 3.05) is 5.75 Å². The fourth-order valence-corrected chi connectivity index (χ4v) is 4.28. The number of aromatic nitrogens is 4. The summed E-state index contributed by atoms with van der Waals surface area (Å²) in [6.45, 7) is 2.92. The van der Waals surface area contributed by atoms with E-state index in [2.05, 4.69) is 20.1 Å². The van der Waals surface area contributed by atoms with Gasteiger partial charge in [-0.1, -0.05) is 42.1 Å². The first-order valence-corrected chi connectivity index (χ1v) is 11.1. The van der Waals surface area contributed by atoms with Gasteiger partial charge in [0.1, 0.15) is 5.82 Å². The molecule has 32 heavy (non-hydrogen) atoms. The Morgan fingerprint density at radius 3 is 2.59 bits per heavy atom. The van der Waals surface area contributed by atoms with Crippen LogP contribution in [0, 0.1) is 5.82 Å². The molecule has 0 aliphatic heterocycles. The van der Waals surface area contributed by atoms with E-state index in [4.69, 9.17) is 0 Å². The van der Waals surface area contributed by atoms with Gasteiger partial charge in [0.25, 0.3) is 5.91 Å². The minimum absolute atomic E-state index is 0.0100. The van der Waals surface area contributed by atoms with E-state index in [1.807, 2.05) is 37.4 Å². The predicted molar refractivity (Wildman–Crippen MR) is 121 cm³/mol. The number of thioether (sulfide) groups is 1. The molecule has 7 nitrogen and oxygen atoms in total. The molecular formula is C23H22FN5O2S. The van der Waals surface area contributed by atoms with E-state index >= 15 is 0 Å². The monoisotopic (exact) mass is 451 g/mol. The predicted octanol–water partition coefficient (Wildman–Crippen LogP) is 3.83. The number of nitrogens with one attached hydrogen (secondary N) is 1. The average molecular weight is 452 g/mol. The first-order chi connectivity index (χ1) is 15.5. The SMILES string of the molecule is CCn1cc(C(=O)CSc2nnc(CNC(=O)c3ccccc3F)n2C)c2ccccc21. The smallest absolute Gasteiger partial charge is 0.254 e. The van der Waals surface area contributed by atoms with E-state index in [1.165, 1.54) is 30.0 Å². The highest BCUT2D eigenvalue weighted by molar-refractivity contribution is 7.99. The Morgan fingerprint density at radius 1 is 1.06 bits per heavy atom. The van der Waals surface area contributed by atoms with Crippen LogP contribution < -0.4 is 5.32 Å². The minimum Gasteiger partial charge on any atom is -0.347 e. The van der Waals surface area contributed by atoms with Gasteiger partial charge in [-0.05, 0) is 25.1 Å². The number of aryl methyl sites for hydroxylation is 1. The van der Waals surface area contributed by atoms with Crippen LogP contribution in [0.1, 0.15) is 33.5 Å². The third kappa shape index (κ3) is 4.29. The van der Waals surface area contributed by atoms with E-state index in [0.717, 1.165) is 17.4 Å². The second kappa shape index (κ2) is 9.35. The fraction of sp³-hybridized carbons (Fsp3) is 0.217. The molecule has 4 aromatic rings. The minimum atomic E-state index is -0.581. The molecule has 2 aromatic heterocycles. The number of ketones is 1. The van der Waals surface area contributed by atoms with E-state index in [0.29, 0.717) is 16.5 Å². The average Bonchev–Trinajstić information content (AvgIpc) is 3.36. The molecule has 2 aromatic carbocycles. The maximum Gasteiger partial charge on any atom is 0.254 e. The number of hydrogen-bond acceptors (Lipinski definition) is 5. The summed E-state index contributed by atoms with van der Waals surface area (Å²) in [5, 5.41) is 12.4. The zero-order chi connectivity index (χ0) is 22.7. The molecule has 0 fully saturated rings. The molecule has 0 unspecified atom stereocenters. The molecular weight excluding hydrogens is 429 g/mol. The van der Waals surface area contributed by atoms with Crippen LogP contribution in [-0.2, 0) is 20.1 Å². The molecule has 164 valence electrons. The lowest BCUT2D eigenvalue weighted by molar-refractivity contribution is 0.0944. The molecule has 1 N–H and O–H groups in total. The van der Waals surface area contributed by atoms with Crippen LogP contribution >= 0.6 is 11.8 Å². The zero-order valence-electron chi connectivity index (χ0n) is 17.7. The number of amides is 1. The van der Waals surface area contributed by atoms with Crippen LogP contribution in [0.4, 0.5) is 4.39 Å². The van der Waals surface area contributed by atoms with Crippen LogP contribution in [0.3, 0.4) is 0 Å². The summed E-state index contributed by atoms with van der Waals surface area (Å²) in [6, 6.07) is 13.6. The number of benzene rings is 2. The molecule has 4 rings (SSSR count). The summed E-state index contributed by atoms with van der Waals surface area (Å²) in [5.41, 5.74) is 1.70. The van der Waals surface area contributed by atoms with E-state index in [-0.39, 0.29) is 23.6 Å². The first kappa shape index (κ1) is 21.8. The Labute approximate surface area is 188 Å². The van der Waals surface area contributed by atoms with Crippen LogP contribution in [0.25, 0.3) is 10.9 Å². The molecule has 0 bridgehead atoms. The normalized spacial score (nSPS) is 11.1. The Hall–Kier alpha value is -3.46. The van der Waals surface area contributed by atoms with Gasteiger partial charge >= 0.3 is 0 Å². The van der Waals surface area contributed by atoms with Crippen molar-refractivity contribution >= 4 is 34.4 Å². The molecule has 0 atom stereocenters. The number of hydrogen-bond donors (Lipinski definition) is 1. The lowest BCUT2D eigenvalue weighted by atomic mass is 10.1. The van der Waals surface area contributed by atoms with Gasteiger partial charge in [-0.2, -0.15) is 0 Å². The largest absolute Gasteiger partial charge is 0.347 e. The number of carbonyl (C=O) groups excluding carboxylic acids is 2. The molecule has 0 saturated heterocycles. The quantitative estimate of drug-likeness (QED) is 0.325. The molecule has 0 radical (unpaired) electrons. The maximum atomic E-state index is 13.8. The number of nitrogens with zero attached hydrogens (tertiary/aromatic N) is 4. The van der Waals surface area contributed by atoms with Gasteiger partial charge in [-0.15, -0.1) is 10.2 Å². The number of Topliss-reactive ketones (excluding diaryl/α,β-unsaturated/α-hetero) is 1. The lowest BCUT2D eigenvalue weighted by Gasteiger charge is -2.06. The molecule has 1 amide bonds. The summed E-state index contributed by atoms with van der Waals surface area (Å²) in [5.74, 6) is -0.376. The second-order valence-corrected chi connectivity index (χ2v) is 8.12. The van der Waals surface area contributed by atoms with E-state index in [1.54, 1.807) is 17.7 Å². The van der Waals surface area contributed by atoms with Crippen molar-refractivity contribution in [3.05, 3.63) is 77.5 Å². The van der Waals surface area contributed by atoms with Gasteiger partial charge in [0.15, 0.2) is 16.8 Å². The third-order valence-electron chi connectivity index (χ3n) is 5.21. The highest BCUT2D eigenvalue weighted by atomic mass is 32.2. The third-order valence-corrected chi connectivity index (χ3v) is 6.23. The van der Waals surface area contributed by atoms with Crippen molar-refractivity contribution < 1.29 is 14.0 Å². The summed E-state index contributed by atoms with van der Waals surface area (Å²) in [6.07, 6.45) is 1.90. The van der Waals surface area contributed by atoms with Gasteiger partial charge in [0.2, 0.25) is 0 Å². The Balaban J connectivity index is 1.41. The molecule has 0 aliphatic carbocycles.